The van der Waals surface area contributed by atoms with Crippen LogP contribution in [0.4, 0.5) is 0 Å². The van der Waals surface area contributed by atoms with Crippen molar-refractivity contribution in [2.75, 3.05) is 27.2 Å². The summed E-state index contributed by atoms with van der Waals surface area (Å²) >= 11 is 0. The molecule has 1 atom stereocenters. The summed E-state index contributed by atoms with van der Waals surface area (Å²) in [7, 11) is 4.11. The third-order valence-corrected chi connectivity index (χ3v) is 6.00. The highest BCUT2D eigenvalue weighted by molar-refractivity contribution is 6.56. The maximum absolute atomic E-state index is 2.58. The van der Waals surface area contributed by atoms with Crippen molar-refractivity contribution in [2.45, 2.75) is 38.9 Å². The maximum atomic E-state index is 2.58. The predicted molar refractivity (Wildman–Crippen MR) is 89.1 cm³/mol. The Labute approximate surface area is 121 Å². The van der Waals surface area contributed by atoms with Gasteiger partial charge in [-0.3, -0.25) is 9.80 Å². The number of hydrogen-bond donors (Lipinski definition) is 0. The van der Waals surface area contributed by atoms with Crippen LogP contribution in [0.25, 0.3) is 0 Å². The average molecular weight is 279 g/mol. The van der Waals surface area contributed by atoms with E-state index in [-0.39, 0.29) is 9.52 Å². The van der Waals surface area contributed by atoms with Crippen LogP contribution in [0, 0.1) is 0 Å². The van der Waals surface area contributed by atoms with Gasteiger partial charge in [0.15, 0.2) is 0 Å². The van der Waals surface area contributed by atoms with Gasteiger partial charge in [0.1, 0.15) is 0 Å². The molecule has 0 aliphatic heterocycles. The molecule has 0 N–H and O–H groups in total. The summed E-state index contributed by atoms with van der Waals surface area (Å²) in [6, 6.07) is 11.0. The number of benzene rings is 1. The Balaban J connectivity index is 2.93. The molecule has 0 aliphatic rings. The van der Waals surface area contributed by atoms with Gasteiger partial charge in [0.2, 0.25) is 0 Å². The van der Waals surface area contributed by atoms with Crippen LogP contribution in [0.15, 0.2) is 30.3 Å². The summed E-state index contributed by atoms with van der Waals surface area (Å²) < 4.78 is 0. The van der Waals surface area contributed by atoms with Gasteiger partial charge in [0.05, 0.1) is 15.7 Å². The average Bonchev–Trinajstić information content (AvgIpc) is 2.35. The fraction of sp³-hybridized carbons (Fsp3) is 0.625. The van der Waals surface area contributed by atoms with Gasteiger partial charge in [-0.05, 0) is 32.2 Å². The molecule has 0 saturated carbocycles. The van der Waals surface area contributed by atoms with Crippen molar-refractivity contribution in [2.24, 2.45) is 0 Å². The van der Waals surface area contributed by atoms with Crippen molar-refractivity contribution in [3.63, 3.8) is 0 Å². The van der Waals surface area contributed by atoms with E-state index in [1.807, 2.05) is 0 Å². The van der Waals surface area contributed by atoms with Gasteiger partial charge in [-0.25, -0.2) is 0 Å². The molecule has 0 spiro atoms. The van der Waals surface area contributed by atoms with Crippen molar-refractivity contribution in [3.8, 4) is 0 Å². The van der Waals surface area contributed by atoms with E-state index in [0.717, 1.165) is 13.1 Å². The first-order valence-electron chi connectivity index (χ1n) is 7.36. The summed E-state index contributed by atoms with van der Waals surface area (Å²) in [5, 5.41) is 1.92. The number of rotatable bonds is 7. The van der Waals surface area contributed by atoms with E-state index in [1.54, 1.807) is 5.19 Å². The highest BCUT2D eigenvalue weighted by Crippen LogP contribution is 2.32. The minimum atomic E-state index is -0.318. The number of nitrogens with zero attached hydrogens (tertiary/aromatic N) is 2. The minimum absolute atomic E-state index is 0.318. The van der Waals surface area contributed by atoms with Gasteiger partial charge in [-0.2, -0.15) is 0 Å². The lowest BCUT2D eigenvalue weighted by atomic mass is 10.1. The first-order valence-corrected chi connectivity index (χ1v) is 8.78. The third-order valence-electron chi connectivity index (χ3n) is 3.85. The molecule has 3 heteroatoms. The van der Waals surface area contributed by atoms with E-state index in [0.29, 0.717) is 11.2 Å². The molecule has 19 heavy (non-hydrogen) atoms. The molecule has 1 rings (SSSR count). The Bertz CT molecular complexity index is 358. The standard InChI is InChI=1S/C16H30N2Si/c1-7-18(8-2)15(17(5)6)16(3,4)19-14-12-10-9-11-13-14/h9-13,15H,7-8,19H2,1-6H3. The van der Waals surface area contributed by atoms with E-state index in [2.05, 4.69) is 81.9 Å². The fourth-order valence-electron chi connectivity index (χ4n) is 3.30. The molecule has 2 nitrogen and oxygen atoms in total. The quantitative estimate of drug-likeness (QED) is 0.555. The molecule has 0 saturated heterocycles. The van der Waals surface area contributed by atoms with Gasteiger partial charge in [-0.1, -0.05) is 63.2 Å². The third kappa shape index (κ3) is 4.44. The zero-order valence-electron chi connectivity index (χ0n) is 13.5. The molecular weight excluding hydrogens is 248 g/mol. The Morgan fingerprint density at radius 3 is 2.00 bits per heavy atom. The normalized spacial score (nSPS) is 14.7. The monoisotopic (exact) mass is 278 g/mol. The number of hydrogen-bond acceptors (Lipinski definition) is 2. The van der Waals surface area contributed by atoms with Gasteiger partial charge in [0.25, 0.3) is 0 Å². The van der Waals surface area contributed by atoms with Crippen LogP contribution in [0.3, 0.4) is 0 Å². The van der Waals surface area contributed by atoms with Crippen LogP contribution < -0.4 is 5.19 Å². The predicted octanol–water partition coefficient (Wildman–Crippen LogP) is 1.91. The second-order valence-electron chi connectivity index (χ2n) is 6.21. The Morgan fingerprint density at radius 2 is 1.58 bits per heavy atom. The molecule has 108 valence electrons. The topological polar surface area (TPSA) is 6.48 Å². The summed E-state index contributed by atoms with van der Waals surface area (Å²) in [5.74, 6) is 0. The van der Waals surface area contributed by atoms with E-state index >= 15 is 0 Å². The van der Waals surface area contributed by atoms with E-state index in [1.165, 1.54) is 0 Å². The Kier molecular flexibility index (Phi) is 6.24. The van der Waals surface area contributed by atoms with Crippen LogP contribution in [-0.4, -0.2) is 52.7 Å². The SMILES string of the molecule is CCN(CC)C(N(C)C)C(C)(C)[SiH2]c1ccccc1. The zero-order chi connectivity index (χ0) is 14.5. The Morgan fingerprint density at radius 1 is 1.05 bits per heavy atom. The van der Waals surface area contributed by atoms with Gasteiger partial charge in [0, 0.05) is 0 Å². The second kappa shape index (κ2) is 7.22. The van der Waals surface area contributed by atoms with Crippen LogP contribution >= 0.6 is 0 Å². The van der Waals surface area contributed by atoms with Gasteiger partial charge >= 0.3 is 0 Å². The van der Waals surface area contributed by atoms with Crippen LogP contribution in [0.1, 0.15) is 27.7 Å². The van der Waals surface area contributed by atoms with Crippen molar-refractivity contribution in [1.82, 2.24) is 9.80 Å². The zero-order valence-corrected chi connectivity index (χ0v) is 14.9. The van der Waals surface area contributed by atoms with E-state index < -0.39 is 0 Å². The molecule has 0 amide bonds. The minimum Gasteiger partial charge on any atom is -0.294 e. The molecule has 0 radical (unpaired) electrons. The van der Waals surface area contributed by atoms with Crippen molar-refractivity contribution >= 4 is 14.7 Å². The molecule has 0 bridgehead atoms. The van der Waals surface area contributed by atoms with Crippen LogP contribution in [0.5, 0.6) is 0 Å². The van der Waals surface area contributed by atoms with Crippen molar-refractivity contribution < 1.29 is 0 Å². The lowest BCUT2D eigenvalue weighted by Crippen LogP contribution is -2.53. The second-order valence-corrected chi connectivity index (χ2v) is 9.20. The maximum Gasteiger partial charge on any atom is 0.0643 e. The largest absolute Gasteiger partial charge is 0.294 e. The van der Waals surface area contributed by atoms with Crippen LogP contribution in [-0.2, 0) is 0 Å². The molecule has 0 aromatic heterocycles. The molecule has 1 aromatic rings. The molecule has 1 aromatic carbocycles. The highest BCUT2D eigenvalue weighted by Gasteiger charge is 2.35. The first-order chi connectivity index (χ1) is 8.92. The molecule has 0 heterocycles. The molecule has 0 fully saturated rings. The van der Waals surface area contributed by atoms with Gasteiger partial charge < -0.3 is 0 Å². The summed E-state index contributed by atoms with van der Waals surface area (Å²) in [6.07, 6.45) is 0.523. The fourth-order valence-corrected chi connectivity index (χ4v) is 5.67. The van der Waals surface area contributed by atoms with Crippen molar-refractivity contribution in [3.05, 3.63) is 30.3 Å². The molecule has 1 unspecified atom stereocenters. The lowest BCUT2D eigenvalue weighted by Gasteiger charge is -2.45. The molecular formula is C16H30N2Si. The van der Waals surface area contributed by atoms with Crippen molar-refractivity contribution in [1.29, 1.82) is 0 Å². The van der Waals surface area contributed by atoms with Crippen LogP contribution in [0.2, 0.25) is 5.04 Å². The molecule has 0 aliphatic carbocycles. The summed E-state index contributed by atoms with van der Waals surface area (Å²) in [6.45, 7) is 11.6. The van der Waals surface area contributed by atoms with E-state index in [4.69, 9.17) is 0 Å². The highest BCUT2D eigenvalue weighted by atomic mass is 28.2. The van der Waals surface area contributed by atoms with E-state index in [9.17, 15) is 0 Å². The first kappa shape index (κ1) is 16.4. The lowest BCUT2D eigenvalue weighted by molar-refractivity contribution is 0.0579. The summed E-state index contributed by atoms with van der Waals surface area (Å²) in [5.41, 5.74) is 0. The Hall–Kier alpha value is -0.643. The van der Waals surface area contributed by atoms with Gasteiger partial charge in [-0.15, -0.1) is 0 Å². The summed E-state index contributed by atoms with van der Waals surface area (Å²) in [4.78, 5) is 4.97. The smallest absolute Gasteiger partial charge is 0.0643 e.